The van der Waals surface area contributed by atoms with E-state index < -0.39 is 0 Å². The van der Waals surface area contributed by atoms with Crippen molar-refractivity contribution >= 4 is 29.0 Å². The maximum Gasteiger partial charge on any atom is 0.215 e. The summed E-state index contributed by atoms with van der Waals surface area (Å²) in [6.07, 6.45) is 0. The van der Waals surface area contributed by atoms with Crippen LogP contribution in [0.1, 0.15) is 13.8 Å². The third kappa shape index (κ3) is 3.72. The van der Waals surface area contributed by atoms with Gasteiger partial charge in [0.25, 0.3) is 0 Å². The number of hydrogen-bond donors (Lipinski definition) is 1. The first-order valence-electron chi connectivity index (χ1n) is 5.13. The van der Waals surface area contributed by atoms with Crippen LogP contribution in [0.2, 0.25) is 0 Å². The average Bonchev–Trinajstić information content (AvgIpc) is 2.30. The highest BCUT2D eigenvalue weighted by molar-refractivity contribution is 6.22. The monoisotopic (exact) mass is 262 g/mol. The number of aromatic nitrogens is 1. The lowest BCUT2D eigenvalue weighted by Crippen LogP contribution is -2.39. The SMILES string of the molecule is CCOc1cccc(NC(C)(CCl)CCl)n1. The molecule has 0 spiro atoms. The van der Waals surface area contributed by atoms with E-state index in [1.165, 1.54) is 0 Å². The Morgan fingerprint density at radius 3 is 2.62 bits per heavy atom. The lowest BCUT2D eigenvalue weighted by Gasteiger charge is -2.26. The number of anilines is 1. The lowest BCUT2D eigenvalue weighted by molar-refractivity contribution is 0.327. The van der Waals surface area contributed by atoms with Gasteiger partial charge in [-0.25, -0.2) is 0 Å². The number of nitrogens with one attached hydrogen (secondary N) is 1. The minimum Gasteiger partial charge on any atom is -0.478 e. The van der Waals surface area contributed by atoms with Crippen LogP contribution in [0.4, 0.5) is 5.82 Å². The molecule has 1 rings (SSSR count). The molecule has 0 aliphatic heterocycles. The molecule has 0 amide bonds. The predicted molar refractivity (Wildman–Crippen MR) is 68.9 cm³/mol. The summed E-state index contributed by atoms with van der Waals surface area (Å²) in [5, 5.41) is 3.20. The van der Waals surface area contributed by atoms with Crippen molar-refractivity contribution in [2.75, 3.05) is 23.7 Å². The fourth-order valence-corrected chi connectivity index (χ4v) is 1.54. The molecular weight excluding hydrogens is 247 g/mol. The summed E-state index contributed by atoms with van der Waals surface area (Å²) in [5.41, 5.74) is -0.360. The van der Waals surface area contributed by atoms with E-state index in [4.69, 9.17) is 27.9 Å². The molecule has 0 atom stereocenters. The lowest BCUT2D eigenvalue weighted by atomic mass is 10.1. The highest BCUT2D eigenvalue weighted by Gasteiger charge is 2.22. The zero-order valence-electron chi connectivity index (χ0n) is 9.46. The summed E-state index contributed by atoms with van der Waals surface area (Å²) >= 11 is 11.7. The first kappa shape index (κ1) is 13.4. The Balaban J connectivity index is 2.76. The fourth-order valence-electron chi connectivity index (χ4n) is 1.12. The molecule has 1 heterocycles. The second kappa shape index (κ2) is 6.16. The van der Waals surface area contributed by atoms with E-state index in [0.717, 1.165) is 5.82 Å². The number of rotatable bonds is 6. The van der Waals surface area contributed by atoms with Crippen molar-refractivity contribution in [2.24, 2.45) is 0 Å². The van der Waals surface area contributed by atoms with Crippen molar-refractivity contribution in [1.29, 1.82) is 0 Å². The van der Waals surface area contributed by atoms with Gasteiger partial charge in [-0.3, -0.25) is 0 Å². The number of nitrogens with zero attached hydrogens (tertiary/aromatic N) is 1. The largest absolute Gasteiger partial charge is 0.478 e. The summed E-state index contributed by atoms with van der Waals surface area (Å²) in [6.45, 7) is 4.46. The number of alkyl halides is 2. The van der Waals surface area contributed by atoms with E-state index in [1.54, 1.807) is 0 Å². The Morgan fingerprint density at radius 2 is 2.06 bits per heavy atom. The minimum absolute atomic E-state index is 0.360. The van der Waals surface area contributed by atoms with E-state index in [0.29, 0.717) is 24.2 Å². The molecule has 1 N–H and O–H groups in total. The van der Waals surface area contributed by atoms with Gasteiger partial charge in [0.05, 0.1) is 12.1 Å². The van der Waals surface area contributed by atoms with Gasteiger partial charge in [-0.1, -0.05) is 6.07 Å². The Labute approximate surface area is 106 Å². The van der Waals surface area contributed by atoms with E-state index in [-0.39, 0.29) is 5.54 Å². The van der Waals surface area contributed by atoms with Crippen molar-refractivity contribution < 1.29 is 4.74 Å². The van der Waals surface area contributed by atoms with Crippen LogP contribution in [0, 0.1) is 0 Å². The van der Waals surface area contributed by atoms with Crippen LogP contribution in [-0.2, 0) is 0 Å². The quantitative estimate of drug-likeness (QED) is 0.800. The Morgan fingerprint density at radius 1 is 1.38 bits per heavy atom. The molecule has 90 valence electrons. The molecule has 0 aliphatic carbocycles. The van der Waals surface area contributed by atoms with Gasteiger partial charge in [-0.2, -0.15) is 4.98 Å². The third-order valence-corrected chi connectivity index (χ3v) is 3.22. The van der Waals surface area contributed by atoms with E-state index in [9.17, 15) is 0 Å². The zero-order chi connectivity index (χ0) is 12.0. The molecule has 0 aromatic carbocycles. The van der Waals surface area contributed by atoms with Crippen LogP contribution >= 0.6 is 23.2 Å². The normalized spacial score (nSPS) is 11.2. The Bertz CT molecular complexity index is 330. The average molecular weight is 263 g/mol. The van der Waals surface area contributed by atoms with Crippen LogP contribution < -0.4 is 10.1 Å². The number of pyridine rings is 1. The van der Waals surface area contributed by atoms with Gasteiger partial charge in [0.2, 0.25) is 5.88 Å². The number of ether oxygens (including phenoxy) is 1. The third-order valence-electron chi connectivity index (χ3n) is 2.04. The smallest absolute Gasteiger partial charge is 0.215 e. The molecule has 0 fully saturated rings. The molecule has 0 aliphatic rings. The molecule has 3 nitrogen and oxygen atoms in total. The molecule has 0 saturated carbocycles. The van der Waals surface area contributed by atoms with Crippen molar-refractivity contribution in [3.63, 3.8) is 0 Å². The number of halogens is 2. The van der Waals surface area contributed by atoms with E-state index in [1.807, 2.05) is 32.0 Å². The van der Waals surface area contributed by atoms with Crippen LogP contribution in [0.25, 0.3) is 0 Å². The van der Waals surface area contributed by atoms with E-state index in [2.05, 4.69) is 10.3 Å². The summed E-state index contributed by atoms with van der Waals surface area (Å²) < 4.78 is 5.31. The van der Waals surface area contributed by atoms with Crippen molar-refractivity contribution in [3.8, 4) is 5.88 Å². The van der Waals surface area contributed by atoms with Crippen molar-refractivity contribution in [1.82, 2.24) is 4.98 Å². The summed E-state index contributed by atoms with van der Waals surface area (Å²) in [4.78, 5) is 4.29. The molecule has 5 heteroatoms. The highest BCUT2D eigenvalue weighted by atomic mass is 35.5. The topological polar surface area (TPSA) is 34.1 Å². The second-order valence-electron chi connectivity index (χ2n) is 3.75. The van der Waals surface area contributed by atoms with E-state index >= 15 is 0 Å². The van der Waals surface area contributed by atoms with Gasteiger partial charge in [0, 0.05) is 17.8 Å². The Kier molecular flexibility index (Phi) is 5.16. The maximum atomic E-state index is 5.85. The molecule has 0 radical (unpaired) electrons. The predicted octanol–water partition coefficient (Wildman–Crippen LogP) is 3.13. The van der Waals surface area contributed by atoms with Crippen molar-refractivity contribution in [2.45, 2.75) is 19.4 Å². The van der Waals surface area contributed by atoms with Gasteiger partial charge in [-0.15, -0.1) is 23.2 Å². The molecule has 0 bridgehead atoms. The van der Waals surface area contributed by atoms with Crippen LogP contribution in [0.3, 0.4) is 0 Å². The zero-order valence-corrected chi connectivity index (χ0v) is 11.0. The summed E-state index contributed by atoms with van der Waals surface area (Å²) in [5.74, 6) is 2.14. The van der Waals surface area contributed by atoms with Crippen LogP contribution in [0.5, 0.6) is 5.88 Å². The van der Waals surface area contributed by atoms with Gasteiger partial charge in [0.1, 0.15) is 5.82 Å². The molecular formula is C11H16Cl2N2O. The second-order valence-corrected chi connectivity index (χ2v) is 4.28. The molecule has 16 heavy (non-hydrogen) atoms. The highest BCUT2D eigenvalue weighted by Crippen LogP contribution is 2.18. The molecule has 1 aromatic heterocycles. The Hall–Kier alpha value is -0.670. The molecule has 0 saturated heterocycles. The molecule has 1 aromatic rings. The first-order valence-corrected chi connectivity index (χ1v) is 6.20. The van der Waals surface area contributed by atoms with Gasteiger partial charge >= 0.3 is 0 Å². The van der Waals surface area contributed by atoms with Crippen LogP contribution in [0.15, 0.2) is 18.2 Å². The standard InChI is InChI=1S/C11H16Cl2N2O/c1-3-16-10-6-4-5-9(14-10)15-11(2,7-12)8-13/h4-6H,3,7-8H2,1-2H3,(H,14,15). The van der Waals surface area contributed by atoms with Gasteiger partial charge in [-0.05, 0) is 19.9 Å². The van der Waals surface area contributed by atoms with Crippen LogP contribution in [-0.4, -0.2) is 28.9 Å². The van der Waals surface area contributed by atoms with Gasteiger partial charge < -0.3 is 10.1 Å². The summed E-state index contributed by atoms with van der Waals surface area (Å²) in [6, 6.07) is 5.55. The number of hydrogen-bond acceptors (Lipinski definition) is 3. The van der Waals surface area contributed by atoms with Gasteiger partial charge in [0.15, 0.2) is 0 Å². The van der Waals surface area contributed by atoms with Crippen molar-refractivity contribution in [3.05, 3.63) is 18.2 Å². The summed E-state index contributed by atoms with van der Waals surface area (Å²) in [7, 11) is 0. The maximum absolute atomic E-state index is 5.85. The molecule has 0 unspecified atom stereocenters. The minimum atomic E-state index is -0.360. The first-order chi connectivity index (χ1) is 7.63. The fraction of sp³-hybridized carbons (Fsp3) is 0.545.